The third kappa shape index (κ3) is 4.04. The fraction of sp³-hybridized carbons (Fsp3) is 0.241. The number of rotatable bonds is 5. The van der Waals surface area contributed by atoms with Crippen LogP contribution in [0.5, 0.6) is 0 Å². The first-order chi connectivity index (χ1) is 16.0. The average molecular weight is 626 g/mol. The van der Waals surface area contributed by atoms with Crippen LogP contribution in [-0.2, 0) is 20.1 Å². The maximum absolute atomic E-state index is 4.97. The molecule has 0 saturated carbocycles. The number of aromatic nitrogens is 4. The van der Waals surface area contributed by atoms with Gasteiger partial charge in [-0.2, -0.15) is 0 Å². The molecule has 5 heteroatoms. The van der Waals surface area contributed by atoms with E-state index in [1.165, 1.54) is 16.8 Å². The molecule has 5 aromatic rings. The molecule has 5 rings (SSSR count). The second-order valence-electron chi connectivity index (χ2n) is 9.13. The van der Waals surface area contributed by atoms with Gasteiger partial charge in [0.05, 0.1) is 11.6 Å². The zero-order chi connectivity index (χ0) is 23.1. The van der Waals surface area contributed by atoms with Crippen molar-refractivity contribution in [3.63, 3.8) is 0 Å². The standard InChI is InChI=1S/C29H29N4.Ir/c1-19(2)23-13-9-14-24(20(3)4)28(23)32-18-17-30-29(32)25-15-10-16-26-27(25)31-21(5)33(26)22-11-7-6-8-12-22;/h6-14,16-20H,1-5H3;/q-1;. The van der Waals surface area contributed by atoms with Gasteiger partial charge in [0, 0.05) is 49.4 Å². The van der Waals surface area contributed by atoms with Crippen molar-refractivity contribution in [3.05, 3.63) is 96.1 Å². The van der Waals surface area contributed by atoms with Crippen molar-refractivity contribution >= 4 is 11.0 Å². The third-order valence-corrected chi connectivity index (χ3v) is 6.25. The van der Waals surface area contributed by atoms with Gasteiger partial charge in [-0.25, -0.2) is 0 Å². The molecule has 0 spiro atoms. The van der Waals surface area contributed by atoms with Crippen LogP contribution in [0.3, 0.4) is 0 Å². The zero-order valence-electron chi connectivity index (χ0n) is 20.2. The number of aryl methyl sites for hydroxylation is 1. The van der Waals surface area contributed by atoms with E-state index < -0.39 is 0 Å². The van der Waals surface area contributed by atoms with Crippen LogP contribution in [0.15, 0.2) is 73.1 Å². The molecule has 0 atom stereocenters. The summed E-state index contributed by atoms with van der Waals surface area (Å²) in [7, 11) is 0. The van der Waals surface area contributed by atoms with Crippen LogP contribution in [0.2, 0.25) is 0 Å². The summed E-state index contributed by atoms with van der Waals surface area (Å²) < 4.78 is 4.42. The molecule has 0 aliphatic rings. The van der Waals surface area contributed by atoms with Crippen molar-refractivity contribution in [2.45, 2.75) is 46.5 Å². The Labute approximate surface area is 215 Å². The topological polar surface area (TPSA) is 35.6 Å². The van der Waals surface area contributed by atoms with Gasteiger partial charge in [0.15, 0.2) is 0 Å². The quantitative estimate of drug-likeness (QED) is 0.193. The molecule has 34 heavy (non-hydrogen) atoms. The molecule has 0 bridgehead atoms. The number of imidazole rings is 2. The van der Waals surface area contributed by atoms with Crippen molar-refractivity contribution in [2.75, 3.05) is 0 Å². The first kappa shape index (κ1) is 24.1. The van der Waals surface area contributed by atoms with Crippen molar-refractivity contribution < 1.29 is 20.1 Å². The average Bonchev–Trinajstić information content (AvgIpc) is 3.42. The van der Waals surface area contributed by atoms with Crippen LogP contribution in [0.1, 0.15) is 56.5 Å². The van der Waals surface area contributed by atoms with E-state index in [1.807, 2.05) is 25.3 Å². The van der Waals surface area contributed by atoms with Gasteiger partial charge in [-0.1, -0.05) is 69.7 Å². The van der Waals surface area contributed by atoms with E-state index in [-0.39, 0.29) is 20.1 Å². The Balaban J connectivity index is 0.00000274. The molecule has 0 amide bonds. The largest absolute Gasteiger partial charge is 0.339 e. The Hall–Kier alpha value is -3.01. The molecule has 0 unspecified atom stereocenters. The SMILES string of the molecule is Cc1nc2c(-c3nccn3-c3c(C(C)C)cccc3C(C)C)[c-]ccc2n1-c1ccccc1.[Ir]. The van der Waals surface area contributed by atoms with Crippen LogP contribution < -0.4 is 0 Å². The van der Waals surface area contributed by atoms with E-state index in [0.717, 1.165) is 33.9 Å². The Morgan fingerprint density at radius 2 is 1.53 bits per heavy atom. The molecular weight excluding hydrogens is 597 g/mol. The maximum atomic E-state index is 4.97. The number of para-hydroxylation sites is 2. The monoisotopic (exact) mass is 626 g/mol. The molecule has 4 nitrogen and oxygen atoms in total. The molecule has 0 aliphatic carbocycles. The Bertz CT molecular complexity index is 1400. The second-order valence-corrected chi connectivity index (χ2v) is 9.13. The van der Waals surface area contributed by atoms with Crippen molar-refractivity contribution in [3.8, 4) is 22.8 Å². The van der Waals surface area contributed by atoms with Crippen molar-refractivity contribution in [2.24, 2.45) is 0 Å². The van der Waals surface area contributed by atoms with Crippen LogP contribution in [0.25, 0.3) is 33.8 Å². The van der Waals surface area contributed by atoms with Gasteiger partial charge in [0.25, 0.3) is 0 Å². The number of hydrogen-bond donors (Lipinski definition) is 0. The van der Waals surface area contributed by atoms with Crippen molar-refractivity contribution in [1.82, 2.24) is 19.1 Å². The molecule has 175 valence electrons. The zero-order valence-corrected chi connectivity index (χ0v) is 22.6. The summed E-state index contributed by atoms with van der Waals surface area (Å²) >= 11 is 0. The number of fused-ring (bicyclic) bond motifs is 1. The minimum absolute atomic E-state index is 0. The van der Waals surface area contributed by atoms with Crippen molar-refractivity contribution in [1.29, 1.82) is 0 Å². The first-order valence-corrected chi connectivity index (χ1v) is 11.6. The van der Waals surface area contributed by atoms with Gasteiger partial charge < -0.3 is 9.13 Å². The normalized spacial score (nSPS) is 11.4. The predicted molar refractivity (Wildman–Crippen MR) is 135 cm³/mol. The fourth-order valence-corrected chi connectivity index (χ4v) is 4.69. The minimum atomic E-state index is 0. The Morgan fingerprint density at radius 3 is 2.18 bits per heavy atom. The molecule has 2 heterocycles. The number of nitrogens with zero attached hydrogens (tertiary/aromatic N) is 4. The summed E-state index contributed by atoms with van der Waals surface area (Å²) in [4.78, 5) is 9.78. The number of hydrogen-bond acceptors (Lipinski definition) is 2. The van der Waals surface area contributed by atoms with Gasteiger partial charge in [0.1, 0.15) is 0 Å². The molecule has 0 N–H and O–H groups in total. The summed E-state index contributed by atoms with van der Waals surface area (Å²) in [5.74, 6) is 2.61. The van der Waals surface area contributed by atoms with Gasteiger partial charge >= 0.3 is 0 Å². The van der Waals surface area contributed by atoms with E-state index in [4.69, 9.17) is 9.97 Å². The van der Waals surface area contributed by atoms with E-state index in [0.29, 0.717) is 11.8 Å². The summed E-state index contributed by atoms with van der Waals surface area (Å²) in [6.45, 7) is 11.0. The summed E-state index contributed by atoms with van der Waals surface area (Å²) in [5.41, 5.74) is 7.85. The molecule has 3 aromatic carbocycles. The Morgan fingerprint density at radius 1 is 0.853 bits per heavy atom. The molecule has 0 fully saturated rings. The molecule has 0 saturated heterocycles. The van der Waals surface area contributed by atoms with Crippen LogP contribution in [0.4, 0.5) is 0 Å². The van der Waals surface area contributed by atoms with Gasteiger partial charge in [-0.15, -0.1) is 18.2 Å². The minimum Gasteiger partial charge on any atom is -0.339 e. The van der Waals surface area contributed by atoms with Crippen LogP contribution >= 0.6 is 0 Å². The van der Waals surface area contributed by atoms with Gasteiger partial charge in [-0.05, 0) is 47.5 Å². The Kier molecular flexibility index (Phi) is 6.88. The van der Waals surface area contributed by atoms with E-state index in [1.54, 1.807) is 0 Å². The summed E-state index contributed by atoms with van der Waals surface area (Å²) in [5, 5.41) is 0. The summed E-state index contributed by atoms with van der Waals surface area (Å²) in [6, 6.07) is 24.5. The van der Waals surface area contributed by atoms with E-state index in [2.05, 4.69) is 97.6 Å². The molecule has 2 aromatic heterocycles. The molecule has 1 radical (unpaired) electrons. The first-order valence-electron chi connectivity index (χ1n) is 11.6. The van der Waals surface area contributed by atoms with E-state index in [9.17, 15) is 0 Å². The fourth-order valence-electron chi connectivity index (χ4n) is 4.69. The smallest absolute Gasteiger partial charge is 0.0990 e. The second kappa shape index (κ2) is 9.69. The third-order valence-electron chi connectivity index (χ3n) is 6.25. The maximum Gasteiger partial charge on any atom is 0.0990 e. The van der Waals surface area contributed by atoms with E-state index >= 15 is 0 Å². The van der Waals surface area contributed by atoms with Crippen LogP contribution in [0, 0.1) is 13.0 Å². The van der Waals surface area contributed by atoms with Crippen LogP contribution in [-0.4, -0.2) is 19.1 Å². The predicted octanol–water partition coefficient (Wildman–Crippen LogP) is 7.23. The number of benzene rings is 3. The molecule has 0 aliphatic heterocycles. The van der Waals surface area contributed by atoms with Gasteiger partial charge in [-0.3, -0.25) is 9.97 Å². The van der Waals surface area contributed by atoms with Gasteiger partial charge in [0.2, 0.25) is 0 Å². The molecular formula is C29H29IrN4-. The summed E-state index contributed by atoms with van der Waals surface area (Å²) in [6.07, 6.45) is 3.94.